The lowest BCUT2D eigenvalue weighted by Crippen LogP contribution is -2.28. The van der Waals surface area contributed by atoms with Crippen LogP contribution in [-0.4, -0.2) is 21.8 Å². The molecule has 5 heteroatoms. The van der Waals surface area contributed by atoms with Gasteiger partial charge in [0.2, 0.25) is 0 Å². The van der Waals surface area contributed by atoms with Crippen molar-refractivity contribution in [3.8, 4) is 0 Å². The number of H-pyrrole nitrogens is 1. The summed E-state index contributed by atoms with van der Waals surface area (Å²) >= 11 is 0. The maximum absolute atomic E-state index is 11.8. The van der Waals surface area contributed by atoms with E-state index >= 15 is 0 Å². The molecule has 104 valence electrons. The Morgan fingerprint density at radius 3 is 2.53 bits per heavy atom. The zero-order chi connectivity index (χ0) is 14.0. The van der Waals surface area contributed by atoms with Gasteiger partial charge in [-0.2, -0.15) is 5.10 Å². The number of ether oxygens (including phenoxy) is 1. The Morgan fingerprint density at radius 2 is 1.89 bits per heavy atom. The molecular formula is C14H20N2O3. The van der Waals surface area contributed by atoms with E-state index in [0.29, 0.717) is 5.69 Å². The van der Waals surface area contributed by atoms with E-state index < -0.39 is 5.60 Å². The molecule has 1 N–H and O–H groups in total. The average molecular weight is 264 g/mol. The highest BCUT2D eigenvalue weighted by Crippen LogP contribution is 2.21. The van der Waals surface area contributed by atoms with E-state index in [1.165, 1.54) is 0 Å². The van der Waals surface area contributed by atoms with E-state index in [9.17, 15) is 9.59 Å². The number of carbonyl (C=O) groups excluding carboxylic acids is 1. The Labute approximate surface area is 112 Å². The molecule has 1 aliphatic carbocycles. The number of aromatic amines is 1. The molecular weight excluding hydrogens is 244 g/mol. The number of carbonyl (C=O) groups is 1. The van der Waals surface area contributed by atoms with Gasteiger partial charge in [0.05, 0.1) is 12.1 Å². The molecule has 5 nitrogen and oxygen atoms in total. The van der Waals surface area contributed by atoms with Gasteiger partial charge in [-0.3, -0.25) is 9.59 Å². The summed E-state index contributed by atoms with van der Waals surface area (Å²) in [4.78, 5) is 23.5. The van der Waals surface area contributed by atoms with Crippen LogP contribution in [0.5, 0.6) is 0 Å². The summed E-state index contributed by atoms with van der Waals surface area (Å²) in [6, 6.07) is 0. The van der Waals surface area contributed by atoms with Crippen LogP contribution in [0.1, 0.15) is 50.4 Å². The van der Waals surface area contributed by atoms with Gasteiger partial charge in [0.1, 0.15) is 5.60 Å². The predicted octanol–water partition coefficient (Wildman–Crippen LogP) is 1.53. The van der Waals surface area contributed by atoms with Crippen molar-refractivity contribution in [1.82, 2.24) is 10.2 Å². The molecule has 0 saturated heterocycles. The molecule has 0 bridgehead atoms. The minimum atomic E-state index is -0.501. The third-order valence-electron chi connectivity index (χ3n) is 3.11. The summed E-state index contributed by atoms with van der Waals surface area (Å²) in [5.41, 5.74) is 1.77. The molecule has 0 spiro atoms. The molecule has 1 aliphatic rings. The molecule has 0 unspecified atom stereocenters. The lowest BCUT2D eigenvalue weighted by atomic mass is 9.91. The third-order valence-corrected chi connectivity index (χ3v) is 3.11. The third kappa shape index (κ3) is 3.43. The summed E-state index contributed by atoms with van der Waals surface area (Å²) in [5.74, 6) is -0.306. The minimum Gasteiger partial charge on any atom is -0.460 e. The highest BCUT2D eigenvalue weighted by molar-refractivity contribution is 5.73. The fraction of sp³-hybridized carbons (Fsp3) is 0.643. The van der Waals surface area contributed by atoms with Crippen LogP contribution in [0.3, 0.4) is 0 Å². The normalized spacial score (nSPS) is 14.9. The lowest BCUT2D eigenvalue weighted by molar-refractivity contribution is -0.154. The monoisotopic (exact) mass is 264 g/mol. The van der Waals surface area contributed by atoms with Crippen LogP contribution < -0.4 is 5.56 Å². The molecule has 0 amide bonds. The van der Waals surface area contributed by atoms with Crippen LogP contribution in [0.4, 0.5) is 0 Å². The molecule has 0 atom stereocenters. The fourth-order valence-electron chi connectivity index (χ4n) is 2.39. The SMILES string of the molecule is CC(C)(C)OC(=O)Cc1n[nH]c(=O)c2c1CCCC2. The summed E-state index contributed by atoms with van der Waals surface area (Å²) in [7, 11) is 0. The van der Waals surface area contributed by atoms with Crippen LogP contribution in [0.15, 0.2) is 4.79 Å². The van der Waals surface area contributed by atoms with E-state index in [2.05, 4.69) is 10.2 Å². The Bertz CT molecular complexity index is 541. The van der Waals surface area contributed by atoms with Gasteiger partial charge < -0.3 is 4.74 Å². The van der Waals surface area contributed by atoms with Gasteiger partial charge >= 0.3 is 5.97 Å². The Morgan fingerprint density at radius 1 is 1.26 bits per heavy atom. The second kappa shape index (κ2) is 5.15. The van der Waals surface area contributed by atoms with Gasteiger partial charge in [-0.05, 0) is 52.0 Å². The Kier molecular flexibility index (Phi) is 3.73. The zero-order valence-electron chi connectivity index (χ0n) is 11.7. The molecule has 1 heterocycles. The summed E-state index contributed by atoms with van der Waals surface area (Å²) in [5, 5.41) is 6.51. The van der Waals surface area contributed by atoms with E-state index in [1.54, 1.807) is 0 Å². The Hall–Kier alpha value is -1.65. The number of fused-ring (bicyclic) bond motifs is 1. The first-order chi connectivity index (χ1) is 8.87. The van der Waals surface area contributed by atoms with Crippen molar-refractivity contribution in [2.75, 3.05) is 0 Å². The van der Waals surface area contributed by atoms with E-state index in [4.69, 9.17) is 4.74 Å². The molecule has 0 saturated carbocycles. The predicted molar refractivity (Wildman–Crippen MR) is 71.0 cm³/mol. The number of nitrogens with zero attached hydrogens (tertiary/aromatic N) is 1. The Balaban J connectivity index is 2.22. The van der Waals surface area contributed by atoms with Gasteiger partial charge in [0.25, 0.3) is 5.56 Å². The number of nitrogens with one attached hydrogen (secondary N) is 1. The molecule has 1 aromatic heterocycles. The van der Waals surface area contributed by atoms with Crippen LogP contribution >= 0.6 is 0 Å². The number of hydrogen-bond donors (Lipinski definition) is 1. The molecule has 2 rings (SSSR count). The van der Waals surface area contributed by atoms with Crippen LogP contribution in [0.2, 0.25) is 0 Å². The van der Waals surface area contributed by atoms with Crippen molar-refractivity contribution >= 4 is 5.97 Å². The van der Waals surface area contributed by atoms with Crippen LogP contribution in [0.25, 0.3) is 0 Å². The second-order valence-electron chi connectivity index (χ2n) is 5.93. The molecule has 0 radical (unpaired) electrons. The highest BCUT2D eigenvalue weighted by atomic mass is 16.6. The number of esters is 1. The second-order valence-corrected chi connectivity index (χ2v) is 5.93. The summed E-state index contributed by atoms with van der Waals surface area (Å²) < 4.78 is 5.29. The zero-order valence-corrected chi connectivity index (χ0v) is 11.7. The van der Waals surface area contributed by atoms with Crippen LogP contribution in [0, 0.1) is 0 Å². The van der Waals surface area contributed by atoms with Crippen molar-refractivity contribution in [3.05, 3.63) is 27.2 Å². The van der Waals surface area contributed by atoms with Crippen molar-refractivity contribution < 1.29 is 9.53 Å². The van der Waals surface area contributed by atoms with Gasteiger partial charge in [0, 0.05) is 5.56 Å². The first kappa shape index (κ1) is 13.8. The number of hydrogen-bond acceptors (Lipinski definition) is 4. The van der Waals surface area contributed by atoms with Crippen molar-refractivity contribution in [1.29, 1.82) is 0 Å². The molecule has 0 aromatic carbocycles. The molecule has 19 heavy (non-hydrogen) atoms. The maximum atomic E-state index is 11.8. The minimum absolute atomic E-state index is 0.121. The summed E-state index contributed by atoms with van der Waals surface area (Å²) in [6.45, 7) is 5.50. The van der Waals surface area contributed by atoms with Gasteiger partial charge in [0.15, 0.2) is 0 Å². The molecule has 0 fully saturated rings. The summed E-state index contributed by atoms with van der Waals surface area (Å²) in [6.07, 6.45) is 3.78. The highest BCUT2D eigenvalue weighted by Gasteiger charge is 2.22. The standard InChI is InChI=1S/C14H20N2O3/c1-14(2,3)19-12(17)8-11-9-6-4-5-7-10(9)13(18)16-15-11/h4-8H2,1-3H3,(H,16,18). The topological polar surface area (TPSA) is 72.0 Å². The smallest absolute Gasteiger partial charge is 0.312 e. The van der Waals surface area contributed by atoms with Gasteiger partial charge in [-0.1, -0.05) is 0 Å². The van der Waals surface area contributed by atoms with Crippen molar-refractivity contribution in [2.24, 2.45) is 0 Å². The molecule has 1 aromatic rings. The van der Waals surface area contributed by atoms with Crippen molar-refractivity contribution in [3.63, 3.8) is 0 Å². The lowest BCUT2D eigenvalue weighted by Gasteiger charge is -2.21. The van der Waals surface area contributed by atoms with Gasteiger partial charge in [-0.25, -0.2) is 5.10 Å². The van der Waals surface area contributed by atoms with E-state index in [0.717, 1.165) is 36.8 Å². The average Bonchev–Trinajstić information content (AvgIpc) is 2.31. The van der Waals surface area contributed by atoms with Crippen molar-refractivity contribution in [2.45, 2.75) is 58.5 Å². The van der Waals surface area contributed by atoms with E-state index in [-0.39, 0.29) is 17.9 Å². The van der Waals surface area contributed by atoms with E-state index in [1.807, 2.05) is 20.8 Å². The van der Waals surface area contributed by atoms with Gasteiger partial charge in [-0.15, -0.1) is 0 Å². The maximum Gasteiger partial charge on any atom is 0.312 e. The number of aromatic nitrogens is 2. The largest absolute Gasteiger partial charge is 0.460 e. The first-order valence-electron chi connectivity index (χ1n) is 6.68. The fourth-order valence-corrected chi connectivity index (χ4v) is 2.39. The molecule has 0 aliphatic heterocycles. The first-order valence-corrected chi connectivity index (χ1v) is 6.68. The van der Waals surface area contributed by atoms with Crippen LogP contribution in [-0.2, 0) is 28.8 Å². The quantitative estimate of drug-likeness (QED) is 0.822. The number of rotatable bonds is 2.